The van der Waals surface area contributed by atoms with Gasteiger partial charge in [-0.2, -0.15) is 0 Å². The van der Waals surface area contributed by atoms with Crippen molar-refractivity contribution in [3.8, 4) is 5.75 Å². The molecule has 0 spiro atoms. The fourth-order valence-corrected chi connectivity index (χ4v) is 2.14. The number of para-hydroxylation sites is 1. The van der Waals surface area contributed by atoms with Gasteiger partial charge in [-0.05, 0) is 25.1 Å². The molecule has 0 heterocycles. The van der Waals surface area contributed by atoms with E-state index in [1.807, 2.05) is 43.3 Å². The van der Waals surface area contributed by atoms with Crippen LogP contribution >= 0.6 is 23.2 Å². The lowest BCUT2D eigenvalue weighted by molar-refractivity contribution is 0.337. The molecule has 0 bridgehead atoms. The van der Waals surface area contributed by atoms with Crippen molar-refractivity contribution in [1.29, 1.82) is 0 Å². The Bertz CT molecular complexity index is 558. The van der Waals surface area contributed by atoms with E-state index in [1.54, 1.807) is 6.07 Å². The molecule has 0 aromatic heterocycles. The Morgan fingerprint density at radius 1 is 1.05 bits per heavy atom. The molecule has 0 radical (unpaired) electrons. The van der Waals surface area contributed by atoms with E-state index in [0.29, 0.717) is 23.2 Å². The molecule has 1 N–H and O–H groups in total. The van der Waals surface area contributed by atoms with E-state index in [1.165, 1.54) is 0 Å². The molecular formula is C15H15Cl2NO. The molecule has 0 unspecified atom stereocenters. The van der Waals surface area contributed by atoms with Gasteiger partial charge >= 0.3 is 0 Å². The van der Waals surface area contributed by atoms with Crippen LogP contribution in [0, 0.1) is 0 Å². The molecule has 0 atom stereocenters. The Labute approximate surface area is 123 Å². The van der Waals surface area contributed by atoms with Gasteiger partial charge < -0.3 is 10.1 Å². The number of hydrogen-bond donors (Lipinski definition) is 1. The zero-order valence-electron chi connectivity index (χ0n) is 10.6. The van der Waals surface area contributed by atoms with E-state index in [2.05, 4.69) is 5.32 Å². The zero-order valence-corrected chi connectivity index (χ0v) is 12.1. The summed E-state index contributed by atoms with van der Waals surface area (Å²) in [6, 6.07) is 13.5. The van der Waals surface area contributed by atoms with Crippen molar-refractivity contribution >= 4 is 28.9 Å². The number of benzene rings is 2. The van der Waals surface area contributed by atoms with Crippen molar-refractivity contribution in [2.75, 3.05) is 11.9 Å². The normalized spacial score (nSPS) is 10.3. The number of rotatable bonds is 5. The number of hydrogen-bond acceptors (Lipinski definition) is 2. The minimum absolute atomic E-state index is 0.540. The lowest BCUT2D eigenvalue weighted by atomic mass is 10.2. The molecule has 0 aliphatic rings. The second-order valence-corrected chi connectivity index (χ2v) is 4.78. The van der Waals surface area contributed by atoms with Gasteiger partial charge in [-0.15, -0.1) is 0 Å². The lowest BCUT2D eigenvalue weighted by Crippen LogP contribution is -2.03. The lowest BCUT2D eigenvalue weighted by Gasteiger charge is -2.13. The molecule has 100 valence electrons. The van der Waals surface area contributed by atoms with Crippen molar-refractivity contribution in [2.45, 2.75) is 13.5 Å². The molecule has 0 aliphatic heterocycles. The van der Waals surface area contributed by atoms with Gasteiger partial charge in [0.1, 0.15) is 5.75 Å². The highest BCUT2D eigenvalue weighted by atomic mass is 35.5. The van der Waals surface area contributed by atoms with Crippen LogP contribution in [-0.4, -0.2) is 6.61 Å². The Morgan fingerprint density at radius 2 is 1.84 bits per heavy atom. The third kappa shape index (κ3) is 3.55. The maximum Gasteiger partial charge on any atom is 0.124 e. The Balaban J connectivity index is 2.12. The molecule has 0 amide bonds. The minimum atomic E-state index is 0.540. The number of nitrogens with one attached hydrogen (secondary N) is 1. The van der Waals surface area contributed by atoms with Crippen LogP contribution in [0.1, 0.15) is 12.5 Å². The van der Waals surface area contributed by atoms with Gasteiger partial charge in [0.25, 0.3) is 0 Å². The van der Waals surface area contributed by atoms with Crippen molar-refractivity contribution in [3.63, 3.8) is 0 Å². The quantitative estimate of drug-likeness (QED) is 0.838. The molecule has 2 aromatic carbocycles. The summed E-state index contributed by atoms with van der Waals surface area (Å²) in [6.45, 7) is 3.25. The summed E-state index contributed by atoms with van der Waals surface area (Å²) in [4.78, 5) is 0. The fraction of sp³-hybridized carbons (Fsp3) is 0.200. The van der Waals surface area contributed by atoms with Crippen LogP contribution in [0.15, 0.2) is 42.5 Å². The summed E-state index contributed by atoms with van der Waals surface area (Å²) < 4.78 is 5.58. The van der Waals surface area contributed by atoms with Crippen LogP contribution in [-0.2, 0) is 6.54 Å². The Kier molecular flexibility index (Phi) is 4.94. The highest BCUT2D eigenvalue weighted by molar-refractivity contribution is 6.43. The predicted octanol–water partition coefficient (Wildman–Crippen LogP) is 5.00. The van der Waals surface area contributed by atoms with Gasteiger partial charge in [0.2, 0.25) is 0 Å². The number of ether oxygens (including phenoxy) is 1. The maximum atomic E-state index is 6.13. The average molecular weight is 296 g/mol. The van der Waals surface area contributed by atoms with Crippen LogP contribution in [0.25, 0.3) is 0 Å². The molecule has 0 fully saturated rings. The van der Waals surface area contributed by atoms with Gasteiger partial charge in [-0.1, -0.05) is 47.5 Å². The first kappa shape index (κ1) is 14.0. The summed E-state index contributed by atoms with van der Waals surface area (Å²) in [5.74, 6) is 0.885. The van der Waals surface area contributed by atoms with E-state index in [-0.39, 0.29) is 0 Å². The summed E-state index contributed by atoms with van der Waals surface area (Å²) in [6.07, 6.45) is 0. The standard InChI is InChI=1S/C15H15Cl2NO/c1-2-19-14-9-4-3-6-11(14)10-18-13-8-5-7-12(16)15(13)17/h3-9,18H,2,10H2,1H3. The highest BCUT2D eigenvalue weighted by Gasteiger charge is 2.06. The number of halogens is 2. The van der Waals surface area contributed by atoms with Crippen LogP contribution in [0.2, 0.25) is 10.0 Å². The number of anilines is 1. The Morgan fingerprint density at radius 3 is 2.63 bits per heavy atom. The second-order valence-electron chi connectivity index (χ2n) is 4.00. The predicted molar refractivity (Wildman–Crippen MR) is 81.4 cm³/mol. The van der Waals surface area contributed by atoms with E-state index in [0.717, 1.165) is 17.0 Å². The van der Waals surface area contributed by atoms with Crippen molar-refractivity contribution in [1.82, 2.24) is 0 Å². The summed E-state index contributed by atoms with van der Waals surface area (Å²) >= 11 is 12.1. The van der Waals surface area contributed by atoms with Crippen molar-refractivity contribution < 1.29 is 4.74 Å². The van der Waals surface area contributed by atoms with Crippen LogP contribution in [0.5, 0.6) is 5.75 Å². The van der Waals surface area contributed by atoms with Gasteiger partial charge in [0.15, 0.2) is 0 Å². The first-order valence-electron chi connectivity index (χ1n) is 6.11. The Hall–Kier alpha value is -1.38. The second kappa shape index (κ2) is 6.69. The van der Waals surface area contributed by atoms with Crippen molar-refractivity contribution in [2.24, 2.45) is 0 Å². The van der Waals surface area contributed by atoms with E-state index in [9.17, 15) is 0 Å². The topological polar surface area (TPSA) is 21.3 Å². The van der Waals surface area contributed by atoms with Gasteiger partial charge in [-0.3, -0.25) is 0 Å². The highest BCUT2D eigenvalue weighted by Crippen LogP contribution is 2.30. The first-order chi connectivity index (χ1) is 9.22. The summed E-state index contributed by atoms with van der Waals surface area (Å²) in [5, 5.41) is 4.36. The smallest absolute Gasteiger partial charge is 0.124 e. The molecule has 0 aliphatic carbocycles. The molecular weight excluding hydrogens is 281 g/mol. The summed E-state index contributed by atoms with van der Waals surface area (Å²) in [5.41, 5.74) is 1.90. The minimum Gasteiger partial charge on any atom is -0.494 e. The molecule has 0 saturated carbocycles. The molecule has 4 heteroatoms. The van der Waals surface area contributed by atoms with Gasteiger partial charge in [-0.25, -0.2) is 0 Å². The van der Waals surface area contributed by atoms with Crippen molar-refractivity contribution in [3.05, 3.63) is 58.1 Å². The fourth-order valence-electron chi connectivity index (χ4n) is 1.78. The average Bonchev–Trinajstić information content (AvgIpc) is 2.42. The van der Waals surface area contributed by atoms with Gasteiger partial charge in [0.05, 0.1) is 22.3 Å². The summed E-state index contributed by atoms with van der Waals surface area (Å²) in [7, 11) is 0. The monoisotopic (exact) mass is 295 g/mol. The van der Waals surface area contributed by atoms with E-state index < -0.39 is 0 Å². The maximum absolute atomic E-state index is 6.13. The molecule has 2 nitrogen and oxygen atoms in total. The third-order valence-corrected chi connectivity index (χ3v) is 3.51. The SMILES string of the molecule is CCOc1ccccc1CNc1cccc(Cl)c1Cl. The first-order valence-corrected chi connectivity index (χ1v) is 6.86. The third-order valence-electron chi connectivity index (χ3n) is 2.69. The molecule has 19 heavy (non-hydrogen) atoms. The van der Waals surface area contributed by atoms with Gasteiger partial charge in [0, 0.05) is 12.1 Å². The van der Waals surface area contributed by atoms with Crippen LogP contribution in [0.3, 0.4) is 0 Å². The molecule has 0 saturated heterocycles. The zero-order chi connectivity index (χ0) is 13.7. The van der Waals surface area contributed by atoms with Crippen LogP contribution < -0.4 is 10.1 Å². The molecule has 2 rings (SSSR count). The largest absolute Gasteiger partial charge is 0.494 e. The molecule has 2 aromatic rings. The van der Waals surface area contributed by atoms with Crippen LogP contribution in [0.4, 0.5) is 5.69 Å². The van der Waals surface area contributed by atoms with E-state index >= 15 is 0 Å². The van der Waals surface area contributed by atoms with E-state index in [4.69, 9.17) is 27.9 Å².